The molecule has 4 rings (SSSR count). The number of carbonyl (C=O) groups excluding carboxylic acids is 1. The zero-order valence-corrected chi connectivity index (χ0v) is 16.8. The first kappa shape index (κ1) is 19.1. The van der Waals surface area contributed by atoms with Gasteiger partial charge in [0.15, 0.2) is 0 Å². The smallest absolute Gasteiger partial charge is 0.239 e. The summed E-state index contributed by atoms with van der Waals surface area (Å²) in [7, 11) is -3.37. The molecule has 0 spiro atoms. The molecule has 4 aromatic rings. The monoisotopic (exact) mass is 410 g/mol. The maximum Gasteiger partial charge on any atom is 0.239 e. The van der Waals surface area contributed by atoms with Gasteiger partial charge in [0.2, 0.25) is 15.9 Å². The second-order valence-corrected chi connectivity index (χ2v) is 8.76. The van der Waals surface area contributed by atoms with Gasteiger partial charge in [-0.2, -0.15) is 0 Å². The van der Waals surface area contributed by atoms with Crippen molar-refractivity contribution in [2.45, 2.75) is 13.0 Å². The van der Waals surface area contributed by atoms with Crippen LogP contribution in [0.3, 0.4) is 0 Å². The van der Waals surface area contributed by atoms with Gasteiger partial charge in [-0.05, 0) is 36.2 Å². The molecule has 0 radical (unpaired) electrons. The van der Waals surface area contributed by atoms with Gasteiger partial charge in [-0.3, -0.25) is 9.52 Å². The van der Waals surface area contributed by atoms with Crippen LogP contribution in [-0.4, -0.2) is 36.7 Å². The Hall–Kier alpha value is -3.26. The van der Waals surface area contributed by atoms with Crippen molar-refractivity contribution in [2.75, 3.05) is 17.5 Å². The molecule has 150 valence electrons. The molecule has 7 nitrogen and oxygen atoms in total. The quantitative estimate of drug-likeness (QED) is 0.437. The number of sulfonamides is 1. The number of H-pyrrole nitrogens is 1. The molecule has 0 saturated carbocycles. The molecule has 0 aliphatic carbocycles. The van der Waals surface area contributed by atoms with E-state index in [0.29, 0.717) is 12.2 Å². The van der Waals surface area contributed by atoms with E-state index in [1.54, 1.807) is 18.3 Å². The lowest BCUT2D eigenvalue weighted by Crippen LogP contribution is -2.29. The summed E-state index contributed by atoms with van der Waals surface area (Å²) in [6.07, 6.45) is 5.62. The summed E-state index contributed by atoms with van der Waals surface area (Å²) in [6.45, 7) is 0.709. The molecular weight excluding hydrogens is 388 g/mol. The zero-order chi connectivity index (χ0) is 20.4. The van der Waals surface area contributed by atoms with E-state index in [1.807, 2.05) is 41.1 Å². The number of aromatic nitrogens is 2. The fraction of sp³-hybridized carbons (Fsp3) is 0.190. The van der Waals surface area contributed by atoms with Gasteiger partial charge in [-0.25, -0.2) is 8.42 Å². The Balaban J connectivity index is 1.41. The molecule has 2 heterocycles. The first-order valence-electron chi connectivity index (χ1n) is 9.28. The Morgan fingerprint density at radius 3 is 2.72 bits per heavy atom. The molecule has 0 aliphatic rings. The van der Waals surface area contributed by atoms with E-state index in [9.17, 15) is 13.2 Å². The molecular formula is C21H22N4O3S. The molecule has 1 amide bonds. The van der Waals surface area contributed by atoms with Gasteiger partial charge in [0.05, 0.1) is 17.5 Å². The second-order valence-electron chi connectivity index (χ2n) is 7.02. The number of fused-ring (bicyclic) bond motifs is 2. The first-order valence-corrected chi connectivity index (χ1v) is 11.2. The number of anilines is 1. The molecule has 0 aliphatic heterocycles. The summed E-state index contributed by atoms with van der Waals surface area (Å²) in [5, 5.41) is 4.88. The summed E-state index contributed by atoms with van der Waals surface area (Å²) in [5.41, 5.74) is 3.56. The third-order valence-corrected chi connectivity index (χ3v) is 5.41. The standard InChI is InChI=1S/C21H22N4O3S/c1-29(27,28)24-19-7-4-8-20-17(19)10-12-25(20)14-21(26)22-11-9-15-13-23-18-6-3-2-5-16(15)18/h2-8,10,12-13,23-24H,9,11,14H2,1H3,(H,22,26). The molecule has 3 N–H and O–H groups in total. The van der Waals surface area contributed by atoms with Gasteiger partial charge in [0.1, 0.15) is 6.54 Å². The highest BCUT2D eigenvalue weighted by Gasteiger charge is 2.11. The number of rotatable bonds is 7. The van der Waals surface area contributed by atoms with Gasteiger partial charge < -0.3 is 14.9 Å². The van der Waals surface area contributed by atoms with Crippen LogP contribution in [-0.2, 0) is 27.8 Å². The van der Waals surface area contributed by atoms with E-state index >= 15 is 0 Å². The van der Waals surface area contributed by atoms with Crippen LogP contribution in [0.2, 0.25) is 0 Å². The van der Waals surface area contributed by atoms with Crippen LogP contribution >= 0.6 is 0 Å². The van der Waals surface area contributed by atoms with Crippen LogP contribution in [0, 0.1) is 0 Å². The van der Waals surface area contributed by atoms with Crippen molar-refractivity contribution in [2.24, 2.45) is 0 Å². The van der Waals surface area contributed by atoms with Crippen molar-refractivity contribution in [3.8, 4) is 0 Å². The topological polar surface area (TPSA) is 96.0 Å². The zero-order valence-electron chi connectivity index (χ0n) is 16.0. The highest BCUT2D eigenvalue weighted by molar-refractivity contribution is 7.92. The van der Waals surface area contributed by atoms with Crippen molar-refractivity contribution < 1.29 is 13.2 Å². The fourth-order valence-corrected chi connectivity index (χ4v) is 4.11. The molecule has 2 aromatic heterocycles. The summed E-state index contributed by atoms with van der Waals surface area (Å²) in [5.74, 6) is -0.0937. The van der Waals surface area contributed by atoms with Crippen LogP contribution in [0.25, 0.3) is 21.8 Å². The van der Waals surface area contributed by atoms with Crippen LogP contribution in [0.4, 0.5) is 5.69 Å². The summed E-state index contributed by atoms with van der Waals surface area (Å²) >= 11 is 0. The number of nitrogens with zero attached hydrogens (tertiary/aromatic N) is 1. The van der Waals surface area contributed by atoms with Gasteiger partial charge >= 0.3 is 0 Å². The Labute approximate surface area is 168 Å². The van der Waals surface area contributed by atoms with Gasteiger partial charge in [-0.15, -0.1) is 0 Å². The molecule has 0 fully saturated rings. The normalized spacial score (nSPS) is 11.8. The summed E-state index contributed by atoms with van der Waals surface area (Å²) in [6, 6.07) is 15.2. The summed E-state index contributed by atoms with van der Waals surface area (Å²) < 4.78 is 27.4. The molecule has 0 saturated heterocycles. The lowest BCUT2D eigenvalue weighted by Gasteiger charge is -2.09. The predicted octanol–water partition coefficient (Wildman–Crippen LogP) is 2.85. The maximum atomic E-state index is 12.4. The Morgan fingerprint density at radius 1 is 1.07 bits per heavy atom. The predicted molar refractivity (Wildman–Crippen MR) is 115 cm³/mol. The molecule has 2 aromatic carbocycles. The number of benzene rings is 2. The van der Waals surface area contributed by atoms with E-state index in [-0.39, 0.29) is 12.5 Å². The largest absolute Gasteiger partial charge is 0.361 e. The average molecular weight is 410 g/mol. The van der Waals surface area contributed by atoms with Crippen LogP contribution in [0.5, 0.6) is 0 Å². The number of aromatic amines is 1. The third kappa shape index (κ3) is 4.27. The Bertz CT molecular complexity index is 1290. The van der Waals surface area contributed by atoms with E-state index in [0.717, 1.165) is 29.1 Å². The minimum Gasteiger partial charge on any atom is -0.361 e. The van der Waals surface area contributed by atoms with Crippen molar-refractivity contribution in [1.82, 2.24) is 14.9 Å². The van der Waals surface area contributed by atoms with E-state index in [2.05, 4.69) is 21.1 Å². The van der Waals surface area contributed by atoms with Crippen molar-refractivity contribution >= 4 is 43.4 Å². The van der Waals surface area contributed by atoms with Crippen molar-refractivity contribution in [3.63, 3.8) is 0 Å². The summed E-state index contributed by atoms with van der Waals surface area (Å²) in [4.78, 5) is 15.6. The number of nitrogens with one attached hydrogen (secondary N) is 3. The van der Waals surface area contributed by atoms with Gasteiger partial charge in [0.25, 0.3) is 0 Å². The van der Waals surface area contributed by atoms with E-state index in [1.165, 1.54) is 10.9 Å². The average Bonchev–Trinajstić information content (AvgIpc) is 3.26. The second kappa shape index (κ2) is 7.63. The minimum absolute atomic E-state index is 0.0937. The van der Waals surface area contributed by atoms with Crippen LogP contribution in [0.1, 0.15) is 5.56 Å². The number of para-hydroxylation sites is 1. The third-order valence-electron chi connectivity index (χ3n) is 4.81. The number of amides is 1. The van der Waals surface area contributed by atoms with E-state index in [4.69, 9.17) is 0 Å². The first-order chi connectivity index (χ1) is 13.9. The number of hydrogen-bond acceptors (Lipinski definition) is 3. The Morgan fingerprint density at radius 2 is 1.90 bits per heavy atom. The van der Waals surface area contributed by atoms with Gasteiger partial charge in [-0.1, -0.05) is 24.3 Å². The molecule has 0 bridgehead atoms. The fourth-order valence-electron chi connectivity index (χ4n) is 3.54. The molecule has 0 atom stereocenters. The van der Waals surface area contributed by atoms with Crippen molar-refractivity contribution in [1.29, 1.82) is 0 Å². The van der Waals surface area contributed by atoms with Gasteiger partial charge in [0, 0.05) is 35.2 Å². The minimum atomic E-state index is -3.37. The lowest BCUT2D eigenvalue weighted by atomic mass is 10.1. The molecule has 29 heavy (non-hydrogen) atoms. The SMILES string of the molecule is CS(=O)(=O)Nc1cccc2c1ccn2CC(=O)NCCc1c[nH]c2ccccc12. The Kier molecular flexibility index (Phi) is 5.02. The maximum absolute atomic E-state index is 12.4. The molecule has 8 heteroatoms. The number of hydrogen-bond donors (Lipinski definition) is 3. The van der Waals surface area contributed by atoms with Crippen molar-refractivity contribution in [3.05, 3.63) is 66.5 Å². The van der Waals surface area contributed by atoms with Crippen LogP contribution < -0.4 is 10.0 Å². The lowest BCUT2D eigenvalue weighted by molar-refractivity contribution is -0.121. The highest BCUT2D eigenvalue weighted by Crippen LogP contribution is 2.25. The highest BCUT2D eigenvalue weighted by atomic mass is 32.2. The molecule has 0 unspecified atom stereocenters. The van der Waals surface area contributed by atoms with E-state index < -0.39 is 10.0 Å². The van der Waals surface area contributed by atoms with Crippen LogP contribution in [0.15, 0.2) is 60.9 Å². The number of carbonyl (C=O) groups is 1.